The van der Waals surface area contributed by atoms with Gasteiger partial charge in [-0.15, -0.1) is 0 Å². The Morgan fingerprint density at radius 1 is 1.16 bits per heavy atom. The fourth-order valence-corrected chi connectivity index (χ4v) is 6.51. The van der Waals surface area contributed by atoms with E-state index in [0.29, 0.717) is 30.2 Å². The number of halogens is 3. The molecule has 168 valence electrons. The van der Waals surface area contributed by atoms with Gasteiger partial charge in [0.2, 0.25) is 0 Å². The maximum atomic E-state index is 14.0. The van der Waals surface area contributed by atoms with Crippen molar-refractivity contribution in [1.29, 1.82) is 0 Å². The van der Waals surface area contributed by atoms with Crippen LogP contribution < -0.4 is 9.21 Å². The first-order valence-electron chi connectivity index (χ1n) is 9.50. The Labute approximate surface area is 178 Å². The zero-order valence-electron chi connectivity index (χ0n) is 17.2. The maximum Gasteiger partial charge on any atom is 0.433 e. The number of sulfonamides is 1. The number of rotatable bonds is 3. The van der Waals surface area contributed by atoms with Crippen LogP contribution in [0.15, 0.2) is 41.4 Å². The first-order valence-corrected chi connectivity index (χ1v) is 10.9. The summed E-state index contributed by atoms with van der Waals surface area (Å²) in [4.78, 5) is 13.9. The highest BCUT2D eigenvalue weighted by Gasteiger charge is 2.56. The summed E-state index contributed by atoms with van der Waals surface area (Å²) in [5, 5.41) is 11.3. The Hall–Kier alpha value is -2.66. The van der Waals surface area contributed by atoms with E-state index in [9.17, 15) is 26.4 Å². The van der Waals surface area contributed by atoms with Crippen LogP contribution in [0.3, 0.4) is 0 Å². The van der Waals surface area contributed by atoms with Gasteiger partial charge in [0.05, 0.1) is 6.54 Å². The number of nitrogens with one attached hydrogen (secondary N) is 1. The van der Waals surface area contributed by atoms with E-state index in [-0.39, 0.29) is 12.2 Å². The van der Waals surface area contributed by atoms with Gasteiger partial charge in [0.25, 0.3) is 0 Å². The molecule has 2 aromatic rings. The average molecular weight is 458 g/mol. The predicted octanol–water partition coefficient (Wildman–Crippen LogP) is 4.63. The first kappa shape index (κ1) is 23.0. The molecule has 3 rings (SSSR count). The number of pyridine rings is 1. The fraction of sp³-hybridized carbons (Fsp3) is 0.400. The number of benzene rings is 1. The van der Waals surface area contributed by atoms with Crippen molar-refractivity contribution < 1.29 is 31.5 Å². The number of fused-ring (bicyclic) bond motifs is 1. The molecule has 0 saturated heterocycles. The van der Waals surface area contributed by atoms with E-state index >= 15 is 0 Å². The average Bonchev–Trinajstić information content (AvgIpc) is 2.65. The van der Waals surface area contributed by atoms with Crippen LogP contribution >= 0.6 is 0 Å². The fourth-order valence-electron chi connectivity index (χ4n) is 4.14. The molecular weight excluding hydrogens is 435 g/mol. The monoisotopic (exact) mass is 458 g/mol. The molecule has 0 radical (unpaired) electrons. The Morgan fingerprint density at radius 3 is 2.42 bits per heavy atom. The number of hydrogen-bond acceptors (Lipinski definition) is 4. The first-order chi connectivity index (χ1) is 14.2. The molecular formula is C20H23F3N3O4S+. The molecule has 0 saturated carbocycles. The molecule has 0 bridgehead atoms. The number of alkyl halides is 3. The lowest BCUT2D eigenvalue weighted by Crippen LogP contribution is -2.66. The minimum atomic E-state index is -4.80. The van der Waals surface area contributed by atoms with Gasteiger partial charge in [0.1, 0.15) is 16.1 Å². The van der Waals surface area contributed by atoms with Crippen molar-refractivity contribution in [3.8, 4) is 0 Å². The normalized spacial score (nSPS) is 19.5. The summed E-state index contributed by atoms with van der Waals surface area (Å²) in [5.74, 6) is 0. The van der Waals surface area contributed by atoms with Gasteiger partial charge in [0.15, 0.2) is 5.69 Å². The standard InChI is InChI=1S/C20H22F3N3O4S/c1-19(2,3)26(31(29,30)15-8-9-24-17(12-15)20(21,22)23)10-4-5-13-6-7-14(11-16(13)26)25-18(27)28/h6-9,11-12,25H,4-5,10H2,1-3H3/p+1. The highest BCUT2D eigenvalue weighted by atomic mass is 32.2. The summed E-state index contributed by atoms with van der Waals surface area (Å²) in [6.07, 6.45) is -4.21. The van der Waals surface area contributed by atoms with Crippen LogP contribution in [0.25, 0.3) is 0 Å². The lowest BCUT2D eigenvalue weighted by Gasteiger charge is -2.48. The molecule has 1 aliphatic heterocycles. The van der Waals surface area contributed by atoms with Crippen LogP contribution in [0, 0.1) is 0 Å². The van der Waals surface area contributed by atoms with E-state index in [1.807, 2.05) is 0 Å². The maximum absolute atomic E-state index is 14.0. The lowest BCUT2D eigenvalue weighted by molar-refractivity contribution is -0.141. The third-order valence-electron chi connectivity index (χ3n) is 5.46. The molecule has 2 heterocycles. The van der Waals surface area contributed by atoms with Crippen molar-refractivity contribution in [2.24, 2.45) is 0 Å². The number of anilines is 1. The lowest BCUT2D eigenvalue weighted by atomic mass is 9.95. The second-order valence-electron chi connectivity index (χ2n) is 8.36. The van der Waals surface area contributed by atoms with Crippen molar-refractivity contribution in [3.05, 3.63) is 47.8 Å². The van der Waals surface area contributed by atoms with Gasteiger partial charge >= 0.3 is 22.3 Å². The summed E-state index contributed by atoms with van der Waals surface area (Å²) >= 11 is 0. The number of hydrogen-bond donors (Lipinski definition) is 2. The van der Waals surface area contributed by atoms with E-state index < -0.39 is 42.3 Å². The van der Waals surface area contributed by atoms with Gasteiger partial charge in [0, 0.05) is 29.9 Å². The SMILES string of the molecule is CC(C)(C)[N+]1(S(=O)(=O)c2ccnc(C(F)(F)F)c2)CCCc2ccc(NC(=O)O)cc21. The number of aryl methyl sites for hydroxylation is 1. The van der Waals surface area contributed by atoms with Gasteiger partial charge in [-0.05, 0) is 45.4 Å². The number of amides is 1. The Bertz CT molecular complexity index is 1130. The molecule has 1 unspecified atom stereocenters. The van der Waals surface area contributed by atoms with E-state index in [4.69, 9.17) is 5.11 Å². The second kappa shape index (κ2) is 7.49. The molecule has 11 heteroatoms. The topological polar surface area (TPSA) is 96.4 Å². The molecule has 1 aromatic carbocycles. The summed E-state index contributed by atoms with van der Waals surface area (Å²) in [5.41, 5.74) is -1.04. The van der Waals surface area contributed by atoms with Crippen LogP contribution in [0.4, 0.5) is 29.3 Å². The van der Waals surface area contributed by atoms with Crippen molar-refractivity contribution in [2.45, 2.75) is 50.2 Å². The smallest absolute Gasteiger partial charge is 0.433 e. The minimum Gasteiger partial charge on any atom is -0.465 e. The summed E-state index contributed by atoms with van der Waals surface area (Å²) in [6, 6.07) is 6.26. The van der Waals surface area contributed by atoms with Crippen LogP contribution in [-0.4, -0.2) is 36.7 Å². The van der Waals surface area contributed by atoms with Gasteiger partial charge < -0.3 is 5.11 Å². The Morgan fingerprint density at radius 2 is 1.84 bits per heavy atom. The largest absolute Gasteiger partial charge is 0.465 e. The Kier molecular flexibility index (Phi) is 5.56. The number of carboxylic acid groups (broad SMARTS) is 1. The van der Waals surface area contributed by atoms with Gasteiger partial charge in [-0.25, -0.2) is 4.79 Å². The van der Waals surface area contributed by atoms with E-state index in [1.54, 1.807) is 26.8 Å². The molecule has 31 heavy (non-hydrogen) atoms. The van der Waals surface area contributed by atoms with Crippen molar-refractivity contribution in [3.63, 3.8) is 0 Å². The number of quaternary nitrogens is 1. The van der Waals surface area contributed by atoms with Crippen LogP contribution in [0.1, 0.15) is 38.4 Å². The van der Waals surface area contributed by atoms with Crippen molar-refractivity contribution in [1.82, 2.24) is 8.87 Å². The molecule has 7 nitrogen and oxygen atoms in total. The number of nitrogens with zero attached hydrogens (tertiary/aromatic N) is 2. The summed E-state index contributed by atoms with van der Waals surface area (Å²) < 4.78 is 66.9. The molecule has 1 aliphatic rings. The third kappa shape index (κ3) is 3.87. The van der Waals surface area contributed by atoms with E-state index in [1.165, 1.54) is 12.1 Å². The van der Waals surface area contributed by atoms with Crippen LogP contribution in [0.5, 0.6) is 0 Å². The highest BCUT2D eigenvalue weighted by molar-refractivity contribution is 7.91. The highest BCUT2D eigenvalue weighted by Crippen LogP contribution is 2.46. The number of carbonyl (C=O) groups is 1. The molecule has 1 aromatic heterocycles. The molecule has 0 fully saturated rings. The Balaban J connectivity index is 2.31. The van der Waals surface area contributed by atoms with Crippen molar-refractivity contribution >= 4 is 27.5 Å². The molecule has 1 atom stereocenters. The zero-order valence-corrected chi connectivity index (χ0v) is 18.0. The minimum absolute atomic E-state index is 0.124. The zero-order chi connectivity index (χ0) is 23.2. The van der Waals surface area contributed by atoms with Gasteiger partial charge in [-0.3, -0.25) is 10.3 Å². The van der Waals surface area contributed by atoms with E-state index in [2.05, 4.69) is 10.3 Å². The molecule has 0 spiro atoms. The number of aromatic nitrogens is 1. The van der Waals surface area contributed by atoms with Crippen LogP contribution in [0.2, 0.25) is 0 Å². The molecule has 2 N–H and O–H groups in total. The quantitative estimate of drug-likeness (QED) is 0.654. The summed E-state index contributed by atoms with van der Waals surface area (Å²) in [6.45, 7) is 5.22. The van der Waals surface area contributed by atoms with Gasteiger partial charge in [-0.2, -0.15) is 25.5 Å². The molecule has 0 aliphatic carbocycles. The second-order valence-corrected chi connectivity index (χ2v) is 10.4. The third-order valence-corrected chi connectivity index (χ3v) is 8.06. The molecule has 1 amide bonds. The van der Waals surface area contributed by atoms with Crippen molar-refractivity contribution in [2.75, 3.05) is 11.9 Å². The van der Waals surface area contributed by atoms with Crippen LogP contribution in [-0.2, 0) is 22.6 Å². The van der Waals surface area contributed by atoms with Gasteiger partial charge in [-0.1, -0.05) is 6.07 Å². The van der Waals surface area contributed by atoms with E-state index in [0.717, 1.165) is 12.3 Å². The predicted molar refractivity (Wildman–Crippen MR) is 109 cm³/mol. The summed E-state index contributed by atoms with van der Waals surface area (Å²) in [7, 11) is -4.40.